The third kappa shape index (κ3) is 5.31. The van der Waals surface area contributed by atoms with Gasteiger partial charge in [-0.25, -0.2) is 19.7 Å². The van der Waals surface area contributed by atoms with Gasteiger partial charge < -0.3 is 14.8 Å². The molecule has 2 aromatic heterocycles. The first-order valence-corrected chi connectivity index (χ1v) is 10.1. The minimum Gasteiger partial charge on any atom is -0.423 e. The van der Waals surface area contributed by atoms with Crippen LogP contribution >= 0.6 is 10.0 Å². The first-order chi connectivity index (χ1) is 10.8. The van der Waals surface area contributed by atoms with Crippen LogP contribution in [0.5, 0.6) is 0 Å². The van der Waals surface area contributed by atoms with Crippen molar-refractivity contribution in [3.63, 3.8) is 0 Å². The van der Waals surface area contributed by atoms with Gasteiger partial charge in [0.05, 0.1) is 18.5 Å². The van der Waals surface area contributed by atoms with Gasteiger partial charge in [-0.15, -0.1) is 0 Å². The van der Waals surface area contributed by atoms with E-state index in [4.69, 9.17) is 14.8 Å². The zero-order valence-electron chi connectivity index (χ0n) is 13.4. The van der Waals surface area contributed by atoms with Crippen LogP contribution < -0.4 is 5.46 Å². The van der Waals surface area contributed by atoms with Crippen LogP contribution in [0.1, 0.15) is 0 Å². The van der Waals surface area contributed by atoms with Crippen molar-refractivity contribution in [2.45, 2.75) is 6.73 Å². The number of ether oxygens (including phenoxy) is 1. The van der Waals surface area contributed by atoms with E-state index in [2.05, 4.69) is 28.8 Å². The second-order valence-corrected chi connectivity index (χ2v) is 10.6. The molecule has 0 saturated carbocycles. The molecule has 0 fully saturated rings. The van der Waals surface area contributed by atoms with Gasteiger partial charge in [0.15, 0.2) is 0 Å². The summed E-state index contributed by atoms with van der Waals surface area (Å²) >= 11 is 0. The van der Waals surface area contributed by atoms with Crippen LogP contribution in [0.25, 0.3) is 11.3 Å². The lowest BCUT2D eigenvalue weighted by Crippen LogP contribution is -2.33. The molecule has 0 radical (unpaired) electrons. The Morgan fingerprint density at radius 2 is 2.04 bits per heavy atom. The highest BCUT2D eigenvalue weighted by molar-refractivity contribution is 8.32. The Balaban J connectivity index is 1.98. The Hall–Kier alpha value is -1.42. The van der Waals surface area contributed by atoms with Crippen molar-refractivity contribution in [3.8, 4) is 11.3 Å². The lowest BCUT2D eigenvalue weighted by atomic mass is 9.81. The minimum absolute atomic E-state index is 0.255. The van der Waals surface area contributed by atoms with Crippen LogP contribution in [-0.2, 0) is 11.5 Å². The summed E-state index contributed by atoms with van der Waals surface area (Å²) in [4.78, 5) is 3.73. The van der Waals surface area contributed by atoms with Gasteiger partial charge in [0.2, 0.25) is 5.95 Å². The molecule has 0 aliphatic rings. The van der Waals surface area contributed by atoms with E-state index < -0.39 is 23.1 Å². The van der Waals surface area contributed by atoms with Gasteiger partial charge in [-0.1, -0.05) is 6.07 Å². The van der Waals surface area contributed by atoms with E-state index in [1.54, 1.807) is 17.1 Å². The number of aromatic nitrogens is 3. The van der Waals surface area contributed by atoms with E-state index >= 15 is 0 Å². The van der Waals surface area contributed by atoms with Gasteiger partial charge in [0.1, 0.15) is 6.73 Å². The van der Waals surface area contributed by atoms with Gasteiger partial charge >= 0.3 is 7.12 Å². The van der Waals surface area contributed by atoms with Crippen LogP contribution in [0, 0.1) is 5.95 Å². The molecular formula is C14H21BFN3O3S. The summed E-state index contributed by atoms with van der Waals surface area (Å²) in [6.07, 6.45) is 9.97. The summed E-state index contributed by atoms with van der Waals surface area (Å²) in [6.45, 7) is 0.995. The highest BCUT2D eigenvalue weighted by Crippen LogP contribution is 2.33. The summed E-state index contributed by atoms with van der Waals surface area (Å²) in [6, 6.07) is 2.81. The molecule has 2 N–H and O–H groups in total. The van der Waals surface area contributed by atoms with Gasteiger partial charge in [-0.3, -0.25) is 0 Å². The molecule has 0 spiro atoms. The molecule has 0 aromatic carbocycles. The maximum atomic E-state index is 13.7. The van der Waals surface area contributed by atoms with Crippen molar-refractivity contribution in [3.05, 3.63) is 30.5 Å². The highest BCUT2D eigenvalue weighted by atomic mass is 32.3. The van der Waals surface area contributed by atoms with E-state index in [-0.39, 0.29) is 5.46 Å². The summed E-state index contributed by atoms with van der Waals surface area (Å²) < 4.78 is 20.9. The number of nitrogens with zero attached hydrogens (tertiary/aromatic N) is 3. The van der Waals surface area contributed by atoms with Crippen LogP contribution in [-0.4, -0.2) is 63.1 Å². The second-order valence-electron chi connectivity index (χ2n) is 6.05. The largest absolute Gasteiger partial charge is 0.493 e. The number of pyridine rings is 1. The molecule has 9 heteroatoms. The van der Waals surface area contributed by atoms with E-state index in [9.17, 15) is 4.39 Å². The molecule has 0 bridgehead atoms. The molecule has 126 valence electrons. The molecule has 0 unspecified atom stereocenters. The number of hydrogen-bond acceptors (Lipinski definition) is 5. The average molecular weight is 341 g/mol. The third-order valence-electron chi connectivity index (χ3n) is 3.15. The molecule has 0 amide bonds. The SMILES string of the molecule is CS(C)(C)CCOCn1cc(-c2ccc(B(O)O)c(F)n2)cn1. The van der Waals surface area contributed by atoms with Crippen molar-refractivity contribution < 1.29 is 19.2 Å². The number of halogens is 1. The van der Waals surface area contributed by atoms with E-state index in [1.165, 1.54) is 12.1 Å². The van der Waals surface area contributed by atoms with E-state index in [0.717, 1.165) is 5.75 Å². The minimum atomic E-state index is -1.88. The Morgan fingerprint density at radius 3 is 2.65 bits per heavy atom. The third-order valence-corrected chi connectivity index (χ3v) is 4.54. The quantitative estimate of drug-likeness (QED) is 0.434. The van der Waals surface area contributed by atoms with Crippen molar-refractivity contribution >= 4 is 22.6 Å². The Bertz CT molecular complexity index is 661. The molecule has 0 saturated heterocycles. The van der Waals surface area contributed by atoms with Gasteiger partial charge in [0.25, 0.3) is 0 Å². The fraction of sp³-hybridized carbons (Fsp3) is 0.429. The molecule has 0 atom stereocenters. The molecule has 2 aromatic rings. The summed E-state index contributed by atoms with van der Waals surface area (Å²) in [7, 11) is -2.46. The Kier molecular flexibility index (Phi) is 5.80. The Labute approximate surface area is 136 Å². The zero-order chi connectivity index (χ0) is 17.0. The van der Waals surface area contributed by atoms with E-state index in [1.807, 2.05) is 0 Å². The summed E-state index contributed by atoms with van der Waals surface area (Å²) in [5, 5.41) is 22.1. The van der Waals surface area contributed by atoms with Gasteiger partial charge in [-0.2, -0.15) is 9.49 Å². The molecule has 23 heavy (non-hydrogen) atoms. The van der Waals surface area contributed by atoms with Gasteiger partial charge in [-0.05, 0) is 24.8 Å². The fourth-order valence-corrected chi connectivity index (χ4v) is 2.45. The lowest BCUT2D eigenvalue weighted by Gasteiger charge is -2.24. The van der Waals surface area contributed by atoms with Crippen molar-refractivity contribution in [2.75, 3.05) is 31.1 Å². The number of hydrogen-bond donors (Lipinski definition) is 2. The van der Waals surface area contributed by atoms with Crippen LogP contribution in [0.3, 0.4) is 0 Å². The Morgan fingerprint density at radius 1 is 1.30 bits per heavy atom. The van der Waals surface area contributed by atoms with Crippen molar-refractivity contribution in [1.29, 1.82) is 0 Å². The zero-order valence-corrected chi connectivity index (χ0v) is 14.3. The maximum Gasteiger partial charge on any atom is 0.493 e. The lowest BCUT2D eigenvalue weighted by molar-refractivity contribution is 0.0809. The molecule has 2 heterocycles. The first kappa shape index (κ1) is 17.9. The fourth-order valence-electron chi connectivity index (χ4n) is 1.83. The monoisotopic (exact) mass is 341 g/mol. The predicted molar refractivity (Wildman–Crippen MR) is 91.4 cm³/mol. The topological polar surface area (TPSA) is 80.4 Å². The first-order valence-electron chi connectivity index (χ1n) is 7.05. The predicted octanol–water partition coefficient (Wildman–Crippen LogP) is 0.432. The average Bonchev–Trinajstić information content (AvgIpc) is 2.91. The van der Waals surface area contributed by atoms with Crippen molar-refractivity contribution in [2.24, 2.45) is 0 Å². The highest BCUT2D eigenvalue weighted by Gasteiger charge is 2.18. The molecule has 0 aliphatic carbocycles. The summed E-state index contributed by atoms with van der Waals surface area (Å²) in [5.41, 5.74) is 0.749. The van der Waals surface area contributed by atoms with Crippen LogP contribution in [0.4, 0.5) is 4.39 Å². The smallest absolute Gasteiger partial charge is 0.423 e. The number of rotatable bonds is 7. The molecule has 0 aliphatic heterocycles. The normalized spacial score (nSPS) is 12.4. The van der Waals surface area contributed by atoms with E-state index in [0.29, 0.717) is 24.6 Å². The van der Waals surface area contributed by atoms with Crippen LogP contribution in [0.15, 0.2) is 24.5 Å². The summed E-state index contributed by atoms with van der Waals surface area (Å²) in [5.74, 6) is 0.119. The molecule has 2 rings (SSSR count). The molecule has 6 nitrogen and oxygen atoms in total. The van der Waals surface area contributed by atoms with Crippen LogP contribution in [0.2, 0.25) is 0 Å². The van der Waals surface area contributed by atoms with Gasteiger partial charge in [0, 0.05) is 23.0 Å². The van der Waals surface area contributed by atoms with Crippen molar-refractivity contribution in [1.82, 2.24) is 14.8 Å². The molecular weight excluding hydrogens is 320 g/mol. The maximum absolute atomic E-state index is 13.7. The second kappa shape index (κ2) is 7.44. The standard InChI is InChI=1S/C14H21BFN3O3S/c1-23(2,3)7-6-22-10-19-9-11(8-17-19)13-5-4-12(15(20)21)14(16)18-13/h4-5,8-9,20-21H,6-7,10H2,1-3H3.